The monoisotopic (exact) mass is 244 g/mol. The standard InChI is InChI=1S/C12H21ClN2O/c13-9-11(16)14-12(5-4-6-12)10-15-7-2-1-3-8-15/h1-10H2,(H,14,16). The summed E-state index contributed by atoms with van der Waals surface area (Å²) in [7, 11) is 0. The smallest absolute Gasteiger partial charge is 0.235 e. The average Bonchev–Trinajstić information content (AvgIpc) is 2.27. The van der Waals surface area contributed by atoms with Crippen LogP contribution in [0.15, 0.2) is 0 Å². The number of rotatable bonds is 4. The molecule has 3 nitrogen and oxygen atoms in total. The number of halogens is 1. The summed E-state index contributed by atoms with van der Waals surface area (Å²) < 4.78 is 0. The van der Waals surface area contributed by atoms with Crippen LogP contribution in [0.3, 0.4) is 0 Å². The Labute approximate surface area is 103 Å². The first kappa shape index (κ1) is 12.2. The van der Waals surface area contributed by atoms with Gasteiger partial charge < -0.3 is 10.2 Å². The highest BCUT2D eigenvalue weighted by Gasteiger charge is 2.39. The van der Waals surface area contributed by atoms with E-state index in [4.69, 9.17) is 11.6 Å². The predicted molar refractivity (Wildman–Crippen MR) is 65.7 cm³/mol. The van der Waals surface area contributed by atoms with E-state index in [1.54, 1.807) is 0 Å². The number of likely N-dealkylation sites (tertiary alicyclic amines) is 1. The summed E-state index contributed by atoms with van der Waals surface area (Å²) in [5.74, 6) is 0.0697. The van der Waals surface area contributed by atoms with Crippen molar-refractivity contribution in [1.82, 2.24) is 10.2 Å². The fourth-order valence-corrected chi connectivity index (χ4v) is 2.87. The van der Waals surface area contributed by atoms with Crippen molar-refractivity contribution in [2.45, 2.75) is 44.1 Å². The first-order valence-electron chi connectivity index (χ1n) is 6.33. The van der Waals surface area contributed by atoms with Crippen LogP contribution in [0.1, 0.15) is 38.5 Å². The van der Waals surface area contributed by atoms with E-state index >= 15 is 0 Å². The second kappa shape index (κ2) is 5.37. The molecule has 0 aromatic heterocycles. The van der Waals surface area contributed by atoms with Gasteiger partial charge in [0.2, 0.25) is 5.91 Å². The minimum Gasteiger partial charge on any atom is -0.348 e. The van der Waals surface area contributed by atoms with Gasteiger partial charge in [0.15, 0.2) is 0 Å². The number of hydrogen-bond donors (Lipinski definition) is 1. The molecule has 0 spiro atoms. The minimum absolute atomic E-state index is 0.0154. The van der Waals surface area contributed by atoms with Crippen molar-refractivity contribution < 1.29 is 4.79 Å². The SMILES string of the molecule is O=C(CCl)NC1(CN2CCCCC2)CCC1. The van der Waals surface area contributed by atoms with Crippen molar-refractivity contribution >= 4 is 17.5 Å². The molecule has 2 aliphatic rings. The highest BCUT2D eigenvalue weighted by Crippen LogP contribution is 2.33. The predicted octanol–water partition coefficient (Wildman–Crippen LogP) is 1.75. The van der Waals surface area contributed by atoms with Crippen LogP contribution in [0.25, 0.3) is 0 Å². The maximum Gasteiger partial charge on any atom is 0.235 e. The van der Waals surface area contributed by atoms with Crippen molar-refractivity contribution in [3.8, 4) is 0 Å². The molecule has 1 saturated heterocycles. The summed E-state index contributed by atoms with van der Waals surface area (Å²) in [4.78, 5) is 13.9. The maximum atomic E-state index is 11.4. The number of nitrogens with one attached hydrogen (secondary N) is 1. The Balaban J connectivity index is 1.85. The third kappa shape index (κ3) is 2.89. The Morgan fingerprint density at radius 2 is 1.88 bits per heavy atom. The zero-order chi connectivity index (χ0) is 11.4. The Morgan fingerprint density at radius 1 is 1.19 bits per heavy atom. The van der Waals surface area contributed by atoms with Crippen molar-refractivity contribution in [2.24, 2.45) is 0 Å². The lowest BCUT2D eigenvalue weighted by molar-refractivity contribution is -0.122. The van der Waals surface area contributed by atoms with Crippen LogP contribution in [0.5, 0.6) is 0 Å². The lowest BCUT2D eigenvalue weighted by Gasteiger charge is -2.46. The van der Waals surface area contributed by atoms with Gasteiger partial charge in [0.1, 0.15) is 5.88 Å². The van der Waals surface area contributed by atoms with Crippen molar-refractivity contribution in [3.05, 3.63) is 0 Å². The molecule has 1 heterocycles. The molecular weight excluding hydrogens is 224 g/mol. The Kier molecular flexibility index (Phi) is 4.09. The van der Waals surface area contributed by atoms with Gasteiger partial charge in [-0.15, -0.1) is 11.6 Å². The Hall–Kier alpha value is -0.280. The molecular formula is C12H21ClN2O. The van der Waals surface area contributed by atoms with Crippen molar-refractivity contribution in [1.29, 1.82) is 0 Å². The summed E-state index contributed by atoms with van der Waals surface area (Å²) in [6.07, 6.45) is 7.44. The highest BCUT2D eigenvalue weighted by atomic mass is 35.5. The fraction of sp³-hybridized carbons (Fsp3) is 0.917. The lowest BCUT2D eigenvalue weighted by Crippen LogP contribution is -2.60. The van der Waals surface area contributed by atoms with Crippen LogP contribution in [0, 0.1) is 0 Å². The van der Waals surface area contributed by atoms with Crippen LogP contribution >= 0.6 is 11.6 Å². The summed E-state index contributed by atoms with van der Waals surface area (Å²) in [5.41, 5.74) is 0.0450. The van der Waals surface area contributed by atoms with Crippen molar-refractivity contribution in [2.75, 3.05) is 25.5 Å². The van der Waals surface area contributed by atoms with E-state index in [2.05, 4.69) is 10.2 Å². The number of hydrogen-bond acceptors (Lipinski definition) is 2. The van der Waals surface area contributed by atoms with Gasteiger partial charge in [-0.1, -0.05) is 6.42 Å². The molecule has 0 radical (unpaired) electrons. The molecule has 2 rings (SSSR count). The van der Waals surface area contributed by atoms with Gasteiger partial charge in [-0.2, -0.15) is 0 Å². The van der Waals surface area contributed by atoms with Gasteiger partial charge >= 0.3 is 0 Å². The molecule has 1 N–H and O–H groups in total. The van der Waals surface area contributed by atoms with Crippen LogP contribution in [-0.2, 0) is 4.79 Å². The first-order chi connectivity index (χ1) is 7.74. The molecule has 1 amide bonds. The molecule has 92 valence electrons. The third-order valence-corrected chi connectivity index (χ3v) is 4.05. The number of piperidine rings is 1. The van der Waals surface area contributed by atoms with E-state index in [-0.39, 0.29) is 17.3 Å². The van der Waals surface area contributed by atoms with E-state index in [1.807, 2.05) is 0 Å². The van der Waals surface area contributed by atoms with Crippen LogP contribution < -0.4 is 5.32 Å². The number of carbonyl (C=O) groups excluding carboxylic acids is 1. The largest absolute Gasteiger partial charge is 0.348 e. The number of alkyl halides is 1. The zero-order valence-corrected chi connectivity index (χ0v) is 10.6. The maximum absolute atomic E-state index is 11.4. The van der Waals surface area contributed by atoms with E-state index in [9.17, 15) is 4.79 Å². The summed E-state index contributed by atoms with van der Waals surface area (Å²) >= 11 is 5.56. The molecule has 1 aliphatic heterocycles. The number of amides is 1. The van der Waals surface area contributed by atoms with Gasteiger partial charge in [0, 0.05) is 6.54 Å². The number of carbonyl (C=O) groups is 1. The fourth-order valence-electron chi connectivity index (χ4n) is 2.80. The summed E-state index contributed by atoms with van der Waals surface area (Å²) in [5, 5.41) is 3.11. The Morgan fingerprint density at radius 3 is 2.38 bits per heavy atom. The molecule has 1 aliphatic carbocycles. The normalized spacial score (nSPS) is 24.8. The summed E-state index contributed by atoms with van der Waals surface area (Å²) in [6.45, 7) is 3.41. The van der Waals surface area contributed by atoms with Crippen LogP contribution in [-0.4, -0.2) is 41.9 Å². The van der Waals surface area contributed by atoms with Gasteiger partial charge in [0.05, 0.1) is 5.54 Å². The van der Waals surface area contributed by atoms with Gasteiger partial charge in [-0.25, -0.2) is 0 Å². The van der Waals surface area contributed by atoms with Crippen LogP contribution in [0.4, 0.5) is 0 Å². The van der Waals surface area contributed by atoms with Crippen molar-refractivity contribution in [3.63, 3.8) is 0 Å². The minimum atomic E-state index is -0.0154. The quantitative estimate of drug-likeness (QED) is 0.765. The topological polar surface area (TPSA) is 32.3 Å². The molecule has 16 heavy (non-hydrogen) atoms. The second-order valence-corrected chi connectivity index (χ2v) is 5.42. The molecule has 0 unspecified atom stereocenters. The Bertz CT molecular complexity index is 247. The highest BCUT2D eigenvalue weighted by molar-refractivity contribution is 6.27. The summed E-state index contributed by atoms with van der Waals surface area (Å²) in [6, 6.07) is 0. The second-order valence-electron chi connectivity index (χ2n) is 5.15. The molecule has 0 aromatic carbocycles. The first-order valence-corrected chi connectivity index (χ1v) is 6.87. The zero-order valence-electron chi connectivity index (χ0n) is 9.80. The molecule has 0 aromatic rings. The molecule has 1 saturated carbocycles. The molecule has 0 bridgehead atoms. The lowest BCUT2D eigenvalue weighted by atomic mass is 9.76. The van der Waals surface area contributed by atoms with Gasteiger partial charge in [-0.05, 0) is 45.2 Å². The average molecular weight is 245 g/mol. The third-order valence-electron chi connectivity index (χ3n) is 3.81. The van der Waals surface area contributed by atoms with E-state index in [1.165, 1.54) is 38.8 Å². The van der Waals surface area contributed by atoms with Gasteiger partial charge in [0.25, 0.3) is 0 Å². The van der Waals surface area contributed by atoms with E-state index in [0.29, 0.717) is 0 Å². The van der Waals surface area contributed by atoms with Crippen LogP contribution in [0.2, 0.25) is 0 Å². The van der Waals surface area contributed by atoms with E-state index in [0.717, 1.165) is 19.4 Å². The molecule has 2 fully saturated rings. The van der Waals surface area contributed by atoms with Gasteiger partial charge in [-0.3, -0.25) is 4.79 Å². The molecule has 0 atom stereocenters. The molecule has 4 heteroatoms. The number of nitrogens with zero attached hydrogens (tertiary/aromatic N) is 1. The van der Waals surface area contributed by atoms with E-state index < -0.39 is 0 Å².